The first-order valence-corrected chi connectivity index (χ1v) is 19.7. The van der Waals surface area contributed by atoms with E-state index in [2.05, 4.69) is 171 Å². The molecule has 0 aliphatic carbocycles. The second-order valence-corrected chi connectivity index (χ2v) is 15.3. The maximum absolute atomic E-state index is 6.50. The van der Waals surface area contributed by atoms with Gasteiger partial charge in [0.25, 0.3) is 0 Å². The average molecular weight is 740 g/mol. The largest absolute Gasteiger partial charge is 0.436 e. The lowest BCUT2D eigenvalue weighted by atomic mass is 9.94. The second kappa shape index (κ2) is 10.9. The molecule has 5 aromatic heterocycles. The monoisotopic (exact) mass is 739 g/mol. The second-order valence-electron chi connectivity index (χ2n) is 15.3. The Bertz CT molecular complexity index is 3880. The Morgan fingerprint density at radius 3 is 1.55 bits per heavy atom. The minimum Gasteiger partial charge on any atom is -0.436 e. The maximum atomic E-state index is 6.50. The van der Waals surface area contributed by atoms with Crippen LogP contribution in [0.25, 0.3) is 127 Å². The van der Waals surface area contributed by atoms with Crippen LogP contribution >= 0.6 is 0 Å². The Balaban J connectivity index is 1.17. The van der Waals surface area contributed by atoms with E-state index in [9.17, 15) is 0 Å². The first kappa shape index (κ1) is 30.3. The van der Waals surface area contributed by atoms with Gasteiger partial charge in [0.05, 0.1) is 38.8 Å². The van der Waals surface area contributed by atoms with Crippen LogP contribution < -0.4 is 0 Å². The Hall–Kier alpha value is -7.96. The standard InChI is InChI=1S/C52H29N5O/c1-2-15-31-30(14-1)32-16-3-8-23-41(32)55-45-28-39-35-19-6-11-26-44(35)57(46(39)29-40(45)37-22-13-21-36(31)49(37)55)51-50(53-48-38-20-7-12-27-47(38)58-52(48)54-51)56-42-24-9-4-17-33(42)34-18-5-10-25-43(34)56/h1-29H. The van der Waals surface area contributed by atoms with E-state index in [-0.39, 0.29) is 0 Å². The van der Waals surface area contributed by atoms with Gasteiger partial charge >= 0.3 is 0 Å². The van der Waals surface area contributed by atoms with Crippen LogP contribution in [0.3, 0.4) is 0 Å². The van der Waals surface area contributed by atoms with E-state index in [1.54, 1.807) is 0 Å². The molecule has 0 spiro atoms. The van der Waals surface area contributed by atoms with Gasteiger partial charge in [0.1, 0.15) is 11.1 Å². The van der Waals surface area contributed by atoms with Crippen LogP contribution in [0.5, 0.6) is 0 Å². The van der Waals surface area contributed by atoms with E-state index in [0.717, 1.165) is 55.1 Å². The lowest BCUT2D eigenvalue weighted by molar-refractivity contribution is 0.651. The Morgan fingerprint density at radius 1 is 0.345 bits per heavy atom. The highest BCUT2D eigenvalue weighted by Gasteiger charge is 2.28. The summed E-state index contributed by atoms with van der Waals surface area (Å²) < 4.78 is 13.6. The number of aromatic nitrogens is 5. The van der Waals surface area contributed by atoms with Gasteiger partial charge in [-0.05, 0) is 59.7 Å². The van der Waals surface area contributed by atoms with Crippen LogP contribution in [0.1, 0.15) is 0 Å². The molecule has 13 aromatic rings. The van der Waals surface area contributed by atoms with Crippen molar-refractivity contribution in [2.75, 3.05) is 0 Å². The Labute approximate surface area is 330 Å². The molecule has 0 radical (unpaired) electrons. The summed E-state index contributed by atoms with van der Waals surface area (Å²) in [6, 6.07) is 63.1. The zero-order valence-electron chi connectivity index (χ0n) is 30.9. The van der Waals surface area contributed by atoms with Crippen LogP contribution in [0.15, 0.2) is 180 Å². The molecule has 6 heterocycles. The van der Waals surface area contributed by atoms with Crippen LogP contribution in [-0.4, -0.2) is 23.7 Å². The highest BCUT2D eigenvalue weighted by molar-refractivity contribution is 6.22. The third-order valence-corrected chi connectivity index (χ3v) is 12.4. The number of furan rings is 1. The molecule has 14 rings (SSSR count). The molecular weight excluding hydrogens is 711 g/mol. The third-order valence-electron chi connectivity index (χ3n) is 12.4. The number of benzene rings is 8. The molecule has 6 nitrogen and oxygen atoms in total. The van der Waals surface area contributed by atoms with Crippen molar-refractivity contribution in [3.8, 4) is 39.6 Å². The van der Waals surface area contributed by atoms with Crippen LogP contribution in [-0.2, 0) is 0 Å². The molecule has 0 amide bonds. The fraction of sp³-hybridized carbons (Fsp3) is 0. The van der Waals surface area contributed by atoms with Crippen molar-refractivity contribution in [1.82, 2.24) is 23.7 Å². The van der Waals surface area contributed by atoms with Crippen molar-refractivity contribution in [3.05, 3.63) is 176 Å². The normalized spacial score (nSPS) is 12.5. The molecule has 6 heteroatoms. The fourth-order valence-electron chi connectivity index (χ4n) is 10.0. The molecular formula is C52H29N5O. The van der Waals surface area contributed by atoms with E-state index < -0.39 is 0 Å². The molecule has 0 unspecified atom stereocenters. The molecule has 0 fully saturated rings. The molecule has 0 saturated carbocycles. The highest BCUT2D eigenvalue weighted by Crippen LogP contribution is 2.48. The Kier molecular flexibility index (Phi) is 5.68. The summed E-state index contributed by atoms with van der Waals surface area (Å²) >= 11 is 0. The number of nitrogens with zero attached hydrogens (tertiary/aromatic N) is 5. The fourth-order valence-corrected chi connectivity index (χ4v) is 10.0. The number of fused-ring (bicyclic) bond motifs is 17. The van der Waals surface area contributed by atoms with Gasteiger partial charge in [-0.3, -0.25) is 9.13 Å². The SMILES string of the molecule is c1ccc2c(c1)-c1ccccc1-n1c3cc4c5ccccc5n(-c5nc6oc7ccccc7c6nc5-n5c6ccccc6c6ccccc65)c4cc3c3cccc-2c31. The van der Waals surface area contributed by atoms with E-state index in [1.807, 2.05) is 18.2 Å². The van der Waals surface area contributed by atoms with Gasteiger partial charge in [-0.1, -0.05) is 127 Å². The van der Waals surface area contributed by atoms with Crippen molar-refractivity contribution in [2.24, 2.45) is 0 Å². The van der Waals surface area contributed by atoms with Gasteiger partial charge < -0.3 is 8.98 Å². The van der Waals surface area contributed by atoms with Gasteiger partial charge in [-0.15, -0.1) is 0 Å². The van der Waals surface area contributed by atoms with E-state index >= 15 is 0 Å². The van der Waals surface area contributed by atoms with Crippen LogP contribution in [0.4, 0.5) is 0 Å². The summed E-state index contributed by atoms with van der Waals surface area (Å²) in [4.78, 5) is 11.1. The van der Waals surface area contributed by atoms with E-state index in [0.29, 0.717) is 11.5 Å². The lowest BCUT2D eigenvalue weighted by Crippen LogP contribution is -2.08. The maximum Gasteiger partial charge on any atom is 0.248 e. The van der Waals surface area contributed by atoms with E-state index in [1.165, 1.54) is 60.5 Å². The summed E-state index contributed by atoms with van der Waals surface area (Å²) in [6.07, 6.45) is 0. The summed E-state index contributed by atoms with van der Waals surface area (Å²) in [6.45, 7) is 0. The zero-order valence-corrected chi connectivity index (χ0v) is 30.9. The summed E-state index contributed by atoms with van der Waals surface area (Å²) in [5, 5.41) is 7.94. The van der Waals surface area contributed by atoms with Gasteiger partial charge in [-0.2, -0.15) is 4.98 Å². The molecule has 0 N–H and O–H groups in total. The average Bonchev–Trinajstić information content (AvgIpc) is 3.99. The first-order valence-electron chi connectivity index (χ1n) is 19.7. The minimum atomic E-state index is 0.506. The van der Waals surface area contributed by atoms with Gasteiger partial charge in [-0.25, -0.2) is 4.98 Å². The van der Waals surface area contributed by atoms with Gasteiger partial charge in [0, 0.05) is 48.8 Å². The Morgan fingerprint density at radius 2 is 0.828 bits per heavy atom. The molecule has 0 atom stereocenters. The van der Waals surface area contributed by atoms with E-state index in [4.69, 9.17) is 14.4 Å². The lowest BCUT2D eigenvalue weighted by Gasteiger charge is -2.15. The molecule has 268 valence electrons. The number of rotatable bonds is 2. The first-order chi connectivity index (χ1) is 28.8. The summed E-state index contributed by atoms with van der Waals surface area (Å²) in [7, 11) is 0. The quantitative estimate of drug-likeness (QED) is 0.177. The zero-order chi connectivity index (χ0) is 37.6. The summed E-state index contributed by atoms with van der Waals surface area (Å²) in [5.74, 6) is 1.44. The highest BCUT2D eigenvalue weighted by atomic mass is 16.3. The molecule has 0 bridgehead atoms. The van der Waals surface area contributed by atoms with Crippen LogP contribution in [0.2, 0.25) is 0 Å². The van der Waals surface area contributed by atoms with Crippen LogP contribution in [0, 0.1) is 0 Å². The van der Waals surface area contributed by atoms with Gasteiger partial charge in [0.15, 0.2) is 11.6 Å². The van der Waals surface area contributed by atoms with Crippen molar-refractivity contribution >= 4 is 87.6 Å². The predicted octanol–water partition coefficient (Wildman–Crippen LogP) is 13.3. The predicted molar refractivity (Wildman–Crippen MR) is 237 cm³/mol. The van der Waals surface area contributed by atoms with Crippen molar-refractivity contribution in [3.63, 3.8) is 0 Å². The number of hydrogen-bond acceptors (Lipinski definition) is 3. The van der Waals surface area contributed by atoms with Crippen molar-refractivity contribution < 1.29 is 4.42 Å². The van der Waals surface area contributed by atoms with Crippen molar-refractivity contribution in [1.29, 1.82) is 0 Å². The molecule has 58 heavy (non-hydrogen) atoms. The third kappa shape index (κ3) is 3.76. The number of hydrogen-bond donors (Lipinski definition) is 0. The number of para-hydroxylation sites is 6. The topological polar surface area (TPSA) is 53.7 Å². The smallest absolute Gasteiger partial charge is 0.248 e. The molecule has 8 aromatic carbocycles. The van der Waals surface area contributed by atoms with Crippen molar-refractivity contribution in [2.45, 2.75) is 0 Å². The molecule has 0 saturated heterocycles. The van der Waals surface area contributed by atoms with Gasteiger partial charge in [0.2, 0.25) is 5.71 Å². The molecule has 1 aliphatic heterocycles. The molecule has 1 aliphatic rings. The summed E-state index contributed by atoms with van der Waals surface area (Å²) in [5.41, 5.74) is 14.7. The minimum absolute atomic E-state index is 0.506.